The van der Waals surface area contributed by atoms with Crippen molar-refractivity contribution >= 4 is 11.8 Å². The van der Waals surface area contributed by atoms with Gasteiger partial charge in [-0.25, -0.2) is 0 Å². The highest BCUT2D eigenvalue weighted by Crippen LogP contribution is 2.34. The van der Waals surface area contributed by atoms with E-state index < -0.39 is 0 Å². The van der Waals surface area contributed by atoms with Crippen LogP contribution in [0, 0.1) is 11.8 Å². The lowest BCUT2D eigenvalue weighted by Gasteiger charge is -2.33. The number of fused-ring (bicyclic) bond motifs is 1. The number of rotatable bonds is 2. The topological polar surface area (TPSA) is 75.4 Å². The Morgan fingerprint density at radius 3 is 2.65 bits per heavy atom. The van der Waals surface area contributed by atoms with Crippen molar-refractivity contribution in [1.82, 2.24) is 10.2 Å². The third-order valence-electron chi connectivity index (χ3n) is 5.30. The normalized spacial score (nSPS) is 37.5. The zero-order valence-corrected chi connectivity index (χ0v) is 12.0. The van der Waals surface area contributed by atoms with Gasteiger partial charge >= 0.3 is 0 Å². The third kappa shape index (κ3) is 2.68. The van der Waals surface area contributed by atoms with Gasteiger partial charge < -0.3 is 16.0 Å². The molecule has 0 aromatic carbocycles. The second-order valence-corrected chi connectivity index (χ2v) is 6.63. The molecule has 5 nitrogen and oxygen atoms in total. The van der Waals surface area contributed by atoms with E-state index in [1.54, 1.807) is 0 Å². The molecule has 3 N–H and O–H groups in total. The summed E-state index contributed by atoms with van der Waals surface area (Å²) < 4.78 is 0. The molecule has 4 atom stereocenters. The number of likely N-dealkylation sites (tertiary alicyclic amines) is 1. The summed E-state index contributed by atoms with van der Waals surface area (Å²) in [6.07, 6.45) is 7.73. The van der Waals surface area contributed by atoms with Crippen LogP contribution in [-0.4, -0.2) is 41.9 Å². The van der Waals surface area contributed by atoms with Crippen molar-refractivity contribution in [3.05, 3.63) is 0 Å². The summed E-state index contributed by atoms with van der Waals surface area (Å²) in [5.74, 6) is 0.437. The third-order valence-corrected chi connectivity index (χ3v) is 5.30. The fourth-order valence-electron chi connectivity index (χ4n) is 4.14. The number of nitrogens with two attached hydrogens (primary N) is 1. The van der Waals surface area contributed by atoms with Crippen LogP contribution in [0.2, 0.25) is 0 Å². The molecular formula is C15H25N3O2. The van der Waals surface area contributed by atoms with Crippen LogP contribution < -0.4 is 11.1 Å². The number of hydrogen-bond donors (Lipinski definition) is 2. The number of nitrogens with one attached hydrogen (secondary N) is 1. The standard InChI is InChI=1S/C15H25N3O2/c16-14(19)11-5-3-7-18(9-11)15(20)13-8-10-4-1-2-6-12(10)17-13/h10-13,17H,1-9H2,(H2,16,19). The molecule has 4 unspecified atom stereocenters. The van der Waals surface area contributed by atoms with Gasteiger partial charge in [-0.1, -0.05) is 12.8 Å². The minimum Gasteiger partial charge on any atom is -0.369 e. The quantitative estimate of drug-likeness (QED) is 0.778. The number of carbonyl (C=O) groups excluding carboxylic acids is 2. The summed E-state index contributed by atoms with van der Waals surface area (Å²) in [4.78, 5) is 25.8. The highest BCUT2D eigenvalue weighted by molar-refractivity contribution is 5.84. The summed E-state index contributed by atoms with van der Waals surface area (Å²) >= 11 is 0. The van der Waals surface area contributed by atoms with Gasteiger partial charge in [-0.15, -0.1) is 0 Å². The lowest BCUT2D eigenvalue weighted by Crippen LogP contribution is -2.50. The monoisotopic (exact) mass is 279 g/mol. The van der Waals surface area contributed by atoms with Gasteiger partial charge in [0.25, 0.3) is 0 Å². The van der Waals surface area contributed by atoms with Gasteiger partial charge in [-0.3, -0.25) is 9.59 Å². The predicted octanol–water partition coefficient (Wildman–Crippen LogP) is 0.631. The van der Waals surface area contributed by atoms with E-state index in [2.05, 4.69) is 5.32 Å². The summed E-state index contributed by atoms with van der Waals surface area (Å²) in [6.45, 7) is 1.29. The van der Waals surface area contributed by atoms with Crippen LogP contribution in [-0.2, 0) is 9.59 Å². The molecule has 3 fully saturated rings. The molecule has 2 amide bonds. The first kappa shape index (κ1) is 13.9. The zero-order chi connectivity index (χ0) is 14.1. The van der Waals surface area contributed by atoms with E-state index in [4.69, 9.17) is 5.73 Å². The largest absolute Gasteiger partial charge is 0.369 e. The molecule has 0 aromatic heterocycles. The summed E-state index contributed by atoms with van der Waals surface area (Å²) in [6, 6.07) is 0.504. The smallest absolute Gasteiger partial charge is 0.239 e. The molecular weight excluding hydrogens is 254 g/mol. The Morgan fingerprint density at radius 1 is 1.10 bits per heavy atom. The van der Waals surface area contributed by atoms with Crippen molar-refractivity contribution in [2.24, 2.45) is 17.6 Å². The molecule has 0 bridgehead atoms. The van der Waals surface area contributed by atoms with Crippen molar-refractivity contribution in [3.8, 4) is 0 Å². The van der Waals surface area contributed by atoms with Crippen LogP contribution in [0.1, 0.15) is 44.9 Å². The minimum absolute atomic E-state index is 0.0327. The zero-order valence-electron chi connectivity index (χ0n) is 12.0. The highest BCUT2D eigenvalue weighted by atomic mass is 16.2. The van der Waals surface area contributed by atoms with E-state index in [1.807, 2.05) is 4.90 Å². The number of hydrogen-bond acceptors (Lipinski definition) is 3. The van der Waals surface area contributed by atoms with E-state index in [0.717, 1.165) is 25.8 Å². The van der Waals surface area contributed by atoms with Gasteiger partial charge in [0.05, 0.1) is 12.0 Å². The number of piperidine rings is 1. The Bertz CT molecular complexity index is 385. The Balaban J connectivity index is 1.60. The van der Waals surface area contributed by atoms with Crippen molar-refractivity contribution < 1.29 is 9.59 Å². The minimum atomic E-state index is -0.268. The number of carbonyl (C=O) groups is 2. The van der Waals surface area contributed by atoms with E-state index in [1.165, 1.54) is 25.7 Å². The molecule has 0 aromatic rings. The average Bonchev–Trinajstić information content (AvgIpc) is 2.90. The Kier molecular flexibility index (Phi) is 3.96. The summed E-state index contributed by atoms with van der Waals surface area (Å²) in [5, 5.41) is 3.53. The van der Waals surface area contributed by atoms with Crippen LogP contribution in [0.25, 0.3) is 0 Å². The molecule has 2 saturated heterocycles. The fourth-order valence-corrected chi connectivity index (χ4v) is 4.14. The Labute approximate surface area is 120 Å². The van der Waals surface area contributed by atoms with Crippen molar-refractivity contribution in [3.63, 3.8) is 0 Å². The van der Waals surface area contributed by atoms with Crippen molar-refractivity contribution in [2.45, 2.75) is 57.0 Å². The summed E-state index contributed by atoms with van der Waals surface area (Å²) in [7, 11) is 0. The van der Waals surface area contributed by atoms with Crippen LogP contribution in [0.4, 0.5) is 0 Å². The molecule has 2 aliphatic heterocycles. The highest BCUT2D eigenvalue weighted by Gasteiger charge is 2.40. The molecule has 1 aliphatic carbocycles. The van der Waals surface area contributed by atoms with Crippen LogP contribution in [0.3, 0.4) is 0 Å². The lowest BCUT2D eigenvalue weighted by atomic mass is 9.85. The first-order valence-electron chi connectivity index (χ1n) is 7.99. The van der Waals surface area contributed by atoms with Gasteiger partial charge in [-0.2, -0.15) is 0 Å². The predicted molar refractivity (Wildman–Crippen MR) is 75.8 cm³/mol. The molecule has 0 radical (unpaired) electrons. The Morgan fingerprint density at radius 2 is 1.90 bits per heavy atom. The molecule has 3 aliphatic rings. The maximum atomic E-state index is 12.6. The van der Waals surface area contributed by atoms with Gasteiger partial charge in [0, 0.05) is 19.1 Å². The number of primary amides is 1. The molecule has 2 heterocycles. The van der Waals surface area contributed by atoms with E-state index in [9.17, 15) is 9.59 Å². The van der Waals surface area contributed by atoms with Gasteiger partial charge in [0.2, 0.25) is 11.8 Å². The fraction of sp³-hybridized carbons (Fsp3) is 0.867. The van der Waals surface area contributed by atoms with Gasteiger partial charge in [0.15, 0.2) is 0 Å². The van der Waals surface area contributed by atoms with Crippen LogP contribution in [0.5, 0.6) is 0 Å². The molecule has 112 valence electrons. The molecule has 5 heteroatoms. The first-order valence-corrected chi connectivity index (χ1v) is 7.99. The van der Waals surface area contributed by atoms with E-state index >= 15 is 0 Å². The molecule has 0 spiro atoms. The van der Waals surface area contributed by atoms with Crippen LogP contribution >= 0.6 is 0 Å². The second kappa shape index (κ2) is 5.72. The SMILES string of the molecule is NC(=O)C1CCCN(C(=O)C2CC3CCCCC3N2)C1. The van der Waals surface area contributed by atoms with E-state index in [-0.39, 0.29) is 23.8 Å². The number of nitrogens with zero attached hydrogens (tertiary/aromatic N) is 1. The van der Waals surface area contributed by atoms with Gasteiger partial charge in [0.1, 0.15) is 0 Å². The number of amides is 2. The van der Waals surface area contributed by atoms with Crippen molar-refractivity contribution in [1.29, 1.82) is 0 Å². The Hall–Kier alpha value is -1.10. The van der Waals surface area contributed by atoms with Crippen molar-refractivity contribution in [2.75, 3.05) is 13.1 Å². The maximum Gasteiger partial charge on any atom is 0.239 e. The van der Waals surface area contributed by atoms with Gasteiger partial charge in [-0.05, 0) is 38.0 Å². The lowest BCUT2D eigenvalue weighted by molar-refractivity contribution is -0.136. The average molecular weight is 279 g/mol. The maximum absolute atomic E-state index is 12.6. The van der Waals surface area contributed by atoms with E-state index in [0.29, 0.717) is 18.5 Å². The molecule has 20 heavy (non-hydrogen) atoms. The second-order valence-electron chi connectivity index (χ2n) is 6.63. The molecule has 3 rings (SSSR count). The molecule has 1 saturated carbocycles. The first-order chi connectivity index (χ1) is 9.65. The summed E-state index contributed by atoms with van der Waals surface area (Å²) in [5.41, 5.74) is 5.39. The van der Waals surface area contributed by atoms with Crippen LogP contribution in [0.15, 0.2) is 0 Å².